The lowest BCUT2D eigenvalue weighted by atomic mass is 10.2. The van der Waals surface area contributed by atoms with Crippen LogP contribution in [0.4, 0.5) is 5.69 Å². The molecule has 1 saturated carbocycles. The van der Waals surface area contributed by atoms with Gasteiger partial charge in [-0.1, -0.05) is 29.8 Å². The topological polar surface area (TPSA) is 109 Å². The summed E-state index contributed by atoms with van der Waals surface area (Å²) >= 11 is 5.96. The van der Waals surface area contributed by atoms with Crippen molar-refractivity contribution in [2.75, 3.05) is 11.9 Å². The fourth-order valence-electron chi connectivity index (χ4n) is 2.47. The molecule has 0 atom stereocenters. The first-order chi connectivity index (χ1) is 14.4. The summed E-state index contributed by atoms with van der Waals surface area (Å²) in [7, 11) is 0. The normalized spacial score (nSPS) is 13.0. The van der Waals surface area contributed by atoms with Crippen LogP contribution in [0.15, 0.2) is 47.6 Å². The molecule has 1 fully saturated rings. The molecule has 0 saturated heterocycles. The van der Waals surface area contributed by atoms with Crippen LogP contribution in [0.1, 0.15) is 24.0 Å². The van der Waals surface area contributed by atoms with Crippen LogP contribution in [-0.4, -0.2) is 36.6 Å². The van der Waals surface area contributed by atoms with Gasteiger partial charge in [-0.2, -0.15) is 5.10 Å². The van der Waals surface area contributed by atoms with Crippen LogP contribution in [0.25, 0.3) is 0 Å². The van der Waals surface area contributed by atoms with Crippen LogP contribution >= 0.6 is 11.6 Å². The molecular formula is C21H21ClN4O4. The summed E-state index contributed by atoms with van der Waals surface area (Å²) < 4.78 is 5.58. The first kappa shape index (κ1) is 21.3. The van der Waals surface area contributed by atoms with Crippen molar-refractivity contribution in [1.29, 1.82) is 0 Å². The van der Waals surface area contributed by atoms with E-state index in [0.29, 0.717) is 22.0 Å². The van der Waals surface area contributed by atoms with E-state index in [0.717, 1.165) is 18.4 Å². The van der Waals surface area contributed by atoms with Crippen LogP contribution in [0.3, 0.4) is 0 Å². The van der Waals surface area contributed by atoms with Crippen molar-refractivity contribution in [2.24, 2.45) is 5.10 Å². The molecule has 0 spiro atoms. The van der Waals surface area contributed by atoms with Gasteiger partial charge in [0.25, 0.3) is 5.91 Å². The third-order valence-corrected chi connectivity index (χ3v) is 4.48. The van der Waals surface area contributed by atoms with Crippen LogP contribution in [0, 0.1) is 6.92 Å². The molecule has 9 heteroatoms. The average Bonchev–Trinajstić information content (AvgIpc) is 3.54. The van der Waals surface area contributed by atoms with Gasteiger partial charge in [0.1, 0.15) is 5.75 Å². The van der Waals surface area contributed by atoms with E-state index in [4.69, 9.17) is 16.3 Å². The van der Waals surface area contributed by atoms with E-state index in [1.165, 1.54) is 6.21 Å². The zero-order valence-electron chi connectivity index (χ0n) is 16.3. The number of hydrazone groups is 1. The summed E-state index contributed by atoms with van der Waals surface area (Å²) in [4.78, 5) is 35.5. The number of aryl methyl sites for hydroxylation is 1. The summed E-state index contributed by atoms with van der Waals surface area (Å²) in [6, 6.07) is 12.2. The number of hydrogen-bond acceptors (Lipinski definition) is 5. The zero-order chi connectivity index (χ0) is 21.5. The van der Waals surface area contributed by atoms with Gasteiger partial charge in [0.05, 0.1) is 6.21 Å². The lowest BCUT2D eigenvalue weighted by molar-refractivity contribution is -0.139. The molecule has 156 valence electrons. The van der Waals surface area contributed by atoms with Crippen molar-refractivity contribution in [3.8, 4) is 5.75 Å². The lowest BCUT2D eigenvalue weighted by Crippen LogP contribution is -2.38. The second kappa shape index (κ2) is 9.89. The number of ether oxygens (including phenoxy) is 1. The Balaban J connectivity index is 1.54. The molecule has 30 heavy (non-hydrogen) atoms. The van der Waals surface area contributed by atoms with E-state index in [9.17, 15) is 14.4 Å². The highest BCUT2D eigenvalue weighted by molar-refractivity contribution is 6.35. The summed E-state index contributed by atoms with van der Waals surface area (Å²) in [5, 5.41) is 9.63. The predicted molar refractivity (Wildman–Crippen MR) is 114 cm³/mol. The van der Waals surface area contributed by atoms with Crippen molar-refractivity contribution >= 4 is 41.2 Å². The predicted octanol–water partition coefficient (Wildman–Crippen LogP) is 2.39. The number of benzene rings is 2. The monoisotopic (exact) mass is 428 g/mol. The van der Waals surface area contributed by atoms with E-state index >= 15 is 0 Å². The fourth-order valence-corrected chi connectivity index (χ4v) is 2.64. The van der Waals surface area contributed by atoms with Crippen LogP contribution in [0.5, 0.6) is 5.75 Å². The smallest absolute Gasteiger partial charge is 0.329 e. The van der Waals surface area contributed by atoms with Crippen molar-refractivity contribution in [1.82, 2.24) is 10.7 Å². The Morgan fingerprint density at radius 1 is 1.17 bits per heavy atom. The second-order valence-corrected chi connectivity index (χ2v) is 7.22. The molecule has 0 heterocycles. The van der Waals surface area contributed by atoms with Crippen LogP contribution in [0.2, 0.25) is 5.02 Å². The maximum Gasteiger partial charge on any atom is 0.329 e. The summed E-state index contributed by atoms with van der Waals surface area (Å²) in [5.74, 6) is -1.51. The number of amides is 3. The Bertz CT molecular complexity index is 989. The van der Waals surface area contributed by atoms with Gasteiger partial charge in [-0.25, -0.2) is 5.43 Å². The van der Waals surface area contributed by atoms with Gasteiger partial charge in [0, 0.05) is 22.3 Å². The number of halogens is 1. The van der Waals surface area contributed by atoms with Gasteiger partial charge < -0.3 is 15.4 Å². The molecule has 1 aliphatic carbocycles. The number of nitrogens with one attached hydrogen (secondary N) is 3. The number of carbonyl (C=O) groups is 3. The highest BCUT2D eigenvalue weighted by Crippen LogP contribution is 2.21. The Morgan fingerprint density at radius 3 is 2.70 bits per heavy atom. The van der Waals surface area contributed by atoms with Crippen LogP contribution in [-0.2, 0) is 14.4 Å². The van der Waals surface area contributed by atoms with Gasteiger partial charge in [0.15, 0.2) is 6.61 Å². The molecular weight excluding hydrogens is 408 g/mol. The molecule has 3 amide bonds. The molecule has 0 unspecified atom stereocenters. The number of rotatable bonds is 7. The van der Waals surface area contributed by atoms with Gasteiger partial charge in [-0.3, -0.25) is 14.4 Å². The van der Waals surface area contributed by atoms with Crippen molar-refractivity contribution in [3.63, 3.8) is 0 Å². The molecule has 0 aromatic heterocycles. The Hall–Kier alpha value is -3.39. The minimum Gasteiger partial charge on any atom is -0.483 e. The standard InChI is InChI=1S/C21H21ClN4O4/c1-13-6-7-15(22)10-17(13)25-19(27)12-30-18-5-3-2-4-14(18)11-23-26-21(29)20(28)24-16-8-9-16/h2-7,10-11,16H,8-9,12H2,1H3,(H,24,28)(H,25,27)(H,26,29)/b23-11-. The minimum atomic E-state index is -0.840. The first-order valence-corrected chi connectivity index (χ1v) is 9.72. The van der Waals surface area contributed by atoms with E-state index in [1.807, 2.05) is 13.0 Å². The maximum absolute atomic E-state index is 12.2. The van der Waals surface area contributed by atoms with E-state index in [2.05, 4.69) is 21.2 Å². The molecule has 0 radical (unpaired) electrons. The number of para-hydroxylation sites is 1. The highest BCUT2D eigenvalue weighted by Gasteiger charge is 2.26. The average molecular weight is 429 g/mol. The Kier molecular flexibility index (Phi) is 7.03. The largest absolute Gasteiger partial charge is 0.483 e. The van der Waals surface area contributed by atoms with Crippen molar-refractivity contribution < 1.29 is 19.1 Å². The third kappa shape index (κ3) is 6.31. The SMILES string of the molecule is Cc1ccc(Cl)cc1NC(=O)COc1ccccc1/C=N\NC(=O)C(=O)NC1CC1. The van der Waals surface area contributed by atoms with Gasteiger partial charge in [-0.15, -0.1) is 0 Å². The lowest BCUT2D eigenvalue weighted by Gasteiger charge is -2.11. The number of anilines is 1. The van der Waals surface area contributed by atoms with Crippen LogP contribution < -0.4 is 20.8 Å². The van der Waals surface area contributed by atoms with Gasteiger partial charge >= 0.3 is 11.8 Å². The minimum absolute atomic E-state index is 0.0863. The van der Waals surface area contributed by atoms with E-state index < -0.39 is 11.8 Å². The number of nitrogens with zero attached hydrogens (tertiary/aromatic N) is 1. The van der Waals surface area contributed by atoms with Crippen molar-refractivity contribution in [2.45, 2.75) is 25.8 Å². The molecule has 3 N–H and O–H groups in total. The first-order valence-electron chi connectivity index (χ1n) is 9.34. The quantitative estimate of drug-likeness (QED) is 0.357. The van der Waals surface area contributed by atoms with E-state index in [-0.39, 0.29) is 18.6 Å². The fraction of sp³-hybridized carbons (Fsp3) is 0.238. The van der Waals surface area contributed by atoms with Gasteiger partial charge in [-0.05, 0) is 49.6 Å². The highest BCUT2D eigenvalue weighted by atomic mass is 35.5. The Labute approximate surface area is 178 Å². The van der Waals surface area contributed by atoms with Gasteiger partial charge in [0.2, 0.25) is 0 Å². The summed E-state index contributed by atoms with van der Waals surface area (Å²) in [5.41, 5.74) is 4.19. The molecule has 2 aromatic rings. The maximum atomic E-state index is 12.2. The zero-order valence-corrected chi connectivity index (χ0v) is 17.0. The molecule has 1 aliphatic rings. The number of hydrogen-bond donors (Lipinski definition) is 3. The Morgan fingerprint density at radius 2 is 1.93 bits per heavy atom. The molecule has 0 bridgehead atoms. The second-order valence-electron chi connectivity index (χ2n) is 6.78. The summed E-state index contributed by atoms with van der Waals surface area (Å²) in [6.07, 6.45) is 3.12. The number of carbonyl (C=O) groups excluding carboxylic acids is 3. The van der Waals surface area contributed by atoms with Crippen molar-refractivity contribution in [3.05, 3.63) is 58.6 Å². The molecule has 0 aliphatic heterocycles. The molecule has 2 aromatic carbocycles. The third-order valence-electron chi connectivity index (χ3n) is 4.24. The summed E-state index contributed by atoms with van der Waals surface area (Å²) in [6.45, 7) is 1.63. The molecule has 3 rings (SSSR count). The van der Waals surface area contributed by atoms with E-state index in [1.54, 1.807) is 36.4 Å². The molecule has 8 nitrogen and oxygen atoms in total.